The van der Waals surface area contributed by atoms with Crippen LogP contribution in [0.1, 0.15) is 20.3 Å². The molecule has 0 aromatic carbocycles. The molecule has 0 bridgehead atoms. The highest BCUT2D eigenvalue weighted by Gasteiger charge is 2.25. The standard InChI is InChI=1S/C11H15BrN4OS/c1-7(2)5-9(14)10(17)16(4-3-13)11-8(12)6-15-18-11/h6-7,9H,4-5,14H2,1-2H3/t9-/m0/s1. The van der Waals surface area contributed by atoms with Crippen molar-refractivity contribution < 1.29 is 4.79 Å². The fourth-order valence-corrected chi connectivity index (χ4v) is 2.85. The molecule has 5 nitrogen and oxygen atoms in total. The summed E-state index contributed by atoms with van der Waals surface area (Å²) in [4.78, 5) is 13.6. The van der Waals surface area contributed by atoms with E-state index in [2.05, 4.69) is 20.3 Å². The number of anilines is 1. The average molecular weight is 331 g/mol. The first-order valence-electron chi connectivity index (χ1n) is 5.51. The molecule has 0 saturated heterocycles. The molecule has 1 rings (SSSR count). The van der Waals surface area contributed by atoms with Crippen molar-refractivity contribution in [1.29, 1.82) is 5.26 Å². The molecule has 1 atom stereocenters. The molecule has 0 saturated carbocycles. The fourth-order valence-electron chi connectivity index (χ4n) is 1.53. The van der Waals surface area contributed by atoms with Crippen molar-refractivity contribution >= 4 is 38.4 Å². The molecule has 0 aliphatic heterocycles. The number of carbonyl (C=O) groups excluding carboxylic acids is 1. The Morgan fingerprint density at radius 3 is 2.83 bits per heavy atom. The molecule has 7 heteroatoms. The Kier molecular flexibility index (Phi) is 5.72. The highest BCUT2D eigenvalue weighted by atomic mass is 79.9. The molecule has 0 spiro atoms. The van der Waals surface area contributed by atoms with Gasteiger partial charge in [-0.1, -0.05) is 13.8 Å². The van der Waals surface area contributed by atoms with Gasteiger partial charge in [0.15, 0.2) is 0 Å². The van der Waals surface area contributed by atoms with Gasteiger partial charge in [-0.2, -0.15) is 9.64 Å². The minimum Gasteiger partial charge on any atom is -0.320 e. The monoisotopic (exact) mass is 330 g/mol. The first kappa shape index (κ1) is 15.1. The van der Waals surface area contributed by atoms with Crippen molar-refractivity contribution in [3.8, 4) is 6.07 Å². The Morgan fingerprint density at radius 2 is 2.39 bits per heavy atom. The Labute approximate surface area is 119 Å². The van der Waals surface area contributed by atoms with Crippen LogP contribution in [-0.4, -0.2) is 22.9 Å². The van der Waals surface area contributed by atoms with Crippen LogP contribution in [-0.2, 0) is 4.79 Å². The zero-order valence-corrected chi connectivity index (χ0v) is 12.7. The van der Waals surface area contributed by atoms with Gasteiger partial charge in [0, 0.05) is 0 Å². The van der Waals surface area contributed by atoms with Gasteiger partial charge in [0.05, 0.1) is 22.8 Å². The summed E-state index contributed by atoms with van der Waals surface area (Å²) in [5.41, 5.74) is 5.87. The molecule has 1 aromatic heterocycles. The van der Waals surface area contributed by atoms with Crippen LogP contribution in [0.5, 0.6) is 0 Å². The summed E-state index contributed by atoms with van der Waals surface area (Å²) in [5.74, 6) is 0.0907. The van der Waals surface area contributed by atoms with Gasteiger partial charge in [-0.05, 0) is 39.8 Å². The van der Waals surface area contributed by atoms with Crippen LogP contribution in [0.3, 0.4) is 0 Å². The van der Waals surface area contributed by atoms with E-state index in [9.17, 15) is 4.79 Å². The normalized spacial score (nSPS) is 12.2. The lowest BCUT2D eigenvalue weighted by atomic mass is 10.0. The first-order chi connectivity index (χ1) is 8.47. The van der Waals surface area contributed by atoms with Gasteiger partial charge in [0.25, 0.3) is 0 Å². The Balaban J connectivity index is 2.90. The topological polar surface area (TPSA) is 83.0 Å². The number of aromatic nitrogens is 1. The van der Waals surface area contributed by atoms with Crippen molar-refractivity contribution in [3.63, 3.8) is 0 Å². The highest BCUT2D eigenvalue weighted by Crippen LogP contribution is 2.30. The molecule has 0 radical (unpaired) electrons. The van der Waals surface area contributed by atoms with E-state index >= 15 is 0 Å². The van der Waals surface area contributed by atoms with E-state index in [4.69, 9.17) is 11.0 Å². The largest absolute Gasteiger partial charge is 0.320 e. The lowest BCUT2D eigenvalue weighted by molar-refractivity contribution is -0.120. The number of amides is 1. The molecular weight excluding hydrogens is 316 g/mol. The third kappa shape index (κ3) is 3.77. The van der Waals surface area contributed by atoms with Crippen LogP contribution < -0.4 is 10.6 Å². The van der Waals surface area contributed by atoms with Crippen molar-refractivity contribution in [2.75, 3.05) is 11.4 Å². The average Bonchev–Trinajstić information content (AvgIpc) is 2.70. The van der Waals surface area contributed by atoms with Gasteiger partial charge >= 0.3 is 0 Å². The number of hydrogen-bond acceptors (Lipinski definition) is 5. The molecule has 0 unspecified atom stereocenters. The van der Waals surface area contributed by atoms with Gasteiger partial charge in [-0.3, -0.25) is 9.69 Å². The SMILES string of the molecule is CC(C)C[C@H](N)C(=O)N(CC#N)c1sncc1Br. The zero-order chi connectivity index (χ0) is 13.7. The minimum atomic E-state index is -0.590. The van der Waals surface area contributed by atoms with Gasteiger partial charge in [0.2, 0.25) is 5.91 Å². The maximum atomic E-state index is 12.2. The summed E-state index contributed by atoms with van der Waals surface area (Å²) in [6.07, 6.45) is 2.20. The number of halogens is 1. The smallest absolute Gasteiger partial charge is 0.245 e. The third-order valence-corrected chi connectivity index (χ3v) is 3.96. The van der Waals surface area contributed by atoms with Crippen LogP contribution in [0.25, 0.3) is 0 Å². The van der Waals surface area contributed by atoms with E-state index in [1.165, 1.54) is 4.90 Å². The number of nitrogens with two attached hydrogens (primary N) is 1. The van der Waals surface area contributed by atoms with Crippen LogP contribution in [0.2, 0.25) is 0 Å². The highest BCUT2D eigenvalue weighted by molar-refractivity contribution is 9.10. The summed E-state index contributed by atoms with van der Waals surface area (Å²) >= 11 is 4.47. The minimum absolute atomic E-state index is 0.0224. The molecule has 1 aromatic rings. The maximum absolute atomic E-state index is 12.2. The van der Waals surface area contributed by atoms with Gasteiger partial charge in [-0.25, -0.2) is 0 Å². The third-order valence-electron chi connectivity index (χ3n) is 2.29. The predicted octanol–water partition coefficient (Wildman–Crippen LogP) is 2.14. The number of nitrogens with zero attached hydrogens (tertiary/aromatic N) is 3. The van der Waals surface area contributed by atoms with E-state index < -0.39 is 6.04 Å². The number of carbonyl (C=O) groups is 1. The molecule has 0 aliphatic carbocycles. The molecule has 2 N–H and O–H groups in total. The van der Waals surface area contributed by atoms with Crippen LogP contribution >= 0.6 is 27.5 Å². The fraction of sp³-hybridized carbons (Fsp3) is 0.545. The number of nitriles is 1. The lowest BCUT2D eigenvalue weighted by Gasteiger charge is -2.22. The van der Waals surface area contributed by atoms with Gasteiger partial charge in [-0.15, -0.1) is 0 Å². The molecule has 0 fully saturated rings. The van der Waals surface area contributed by atoms with Crippen molar-refractivity contribution in [2.45, 2.75) is 26.3 Å². The van der Waals surface area contributed by atoms with E-state index in [1.807, 2.05) is 19.9 Å². The summed E-state index contributed by atoms with van der Waals surface area (Å²) in [5, 5.41) is 9.45. The molecular formula is C11H15BrN4OS. The summed E-state index contributed by atoms with van der Waals surface area (Å²) in [7, 11) is 0. The molecule has 1 amide bonds. The Bertz CT molecular complexity index is 454. The van der Waals surface area contributed by atoms with Gasteiger partial charge in [0.1, 0.15) is 11.5 Å². The quantitative estimate of drug-likeness (QED) is 0.838. The van der Waals surface area contributed by atoms with E-state index in [0.29, 0.717) is 21.8 Å². The van der Waals surface area contributed by atoms with Crippen molar-refractivity contribution in [3.05, 3.63) is 10.7 Å². The molecule has 1 heterocycles. The zero-order valence-electron chi connectivity index (χ0n) is 10.3. The molecule has 0 aliphatic rings. The number of hydrogen-bond donors (Lipinski definition) is 1. The molecule has 18 heavy (non-hydrogen) atoms. The summed E-state index contributed by atoms with van der Waals surface area (Å²) in [6.45, 7) is 3.99. The maximum Gasteiger partial charge on any atom is 0.245 e. The van der Waals surface area contributed by atoms with Crippen LogP contribution in [0, 0.1) is 17.2 Å². The van der Waals surface area contributed by atoms with Crippen molar-refractivity contribution in [2.24, 2.45) is 11.7 Å². The second-order valence-corrected chi connectivity index (χ2v) is 5.93. The second-order valence-electron chi connectivity index (χ2n) is 4.30. The lowest BCUT2D eigenvalue weighted by Crippen LogP contribution is -2.44. The number of rotatable bonds is 5. The molecule has 98 valence electrons. The second kappa shape index (κ2) is 6.83. The van der Waals surface area contributed by atoms with Gasteiger partial charge < -0.3 is 5.73 Å². The van der Waals surface area contributed by atoms with E-state index in [-0.39, 0.29) is 12.5 Å². The predicted molar refractivity (Wildman–Crippen MR) is 75.2 cm³/mol. The summed E-state index contributed by atoms with van der Waals surface area (Å²) in [6, 6.07) is 1.39. The van der Waals surface area contributed by atoms with Crippen molar-refractivity contribution in [1.82, 2.24) is 4.37 Å². The first-order valence-corrected chi connectivity index (χ1v) is 7.08. The van der Waals surface area contributed by atoms with E-state index in [0.717, 1.165) is 11.5 Å². The van der Waals surface area contributed by atoms with Crippen LogP contribution in [0.4, 0.5) is 5.00 Å². The van der Waals surface area contributed by atoms with Crippen LogP contribution in [0.15, 0.2) is 10.7 Å². The van der Waals surface area contributed by atoms with E-state index in [1.54, 1.807) is 6.20 Å². The Hall–Kier alpha value is -0.970. The summed E-state index contributed by atoms with van der Waals surface area (Å²) < 4.78 is 4.68. The Morgan fingerprint density at radius 1 is 1.72 bits per heavy atom.